The number of rotatable bonds is 7. The summed E-state index contributed by atoms with van der Waals surface area (Å²) in [5.74, 6) is 0.584. The Morgan fingerprint density at radius 1 is 1.00 bits per heavy atom. The smallest absolute Gasteiger partial charge is 0.322 e. The summed E-state index contributed by atoms with van der Waals surface area (Å²) in [6.45, 7) is 3.24. The van der Waals surface area contributed by atoms with Gasteiger partial charge < -0.3 is 13.9 Å². The van der Waals surface area contributed by atoms with Crippen LogP contribution in [0.3, 0.4) is 0 Å². The van der Waals surface area contributed by atoms with Crippen LogP contribution in [0.5, 0.6) is 11.5 Å². The summed E-state index contributed by atoms with van der Waals surface area (Å²) in [6, 6.07) is 10.7. The molecule has 0 spiro atoms. The third-order valence-corrected chi connectivity index (χ3v) is 6.51. The lowest BCUT2D eigenvalue weighted by molar-refractivity contribution is 0.102. The van der Waals surface area contributed by atoms with Gasteiger partial charge in [-0.1, -0.05) is 5.10 Å². The highest BCUT2D eigenvalue weighted by Crippen LogP contribution is 2.28. The fraction of sp³-hybridized carbons (Fsp3) is 0.250. The molecule has 10 heteroatoms. The second-order valence-electron chi connectivity index (χ2n) is 6.55. The second-order valence-corrected chi connectivity index (χ2v) is 9.06. The average molecular weight is 431 g/mol. The SMILES string of the molecule is COc1ccc(C(=O)Nc2nnc(-c3ccc(S(=O)(=O)C(C)C)cc3)o2)cc1OC. The molecule has 0 saturated heterocycles. The molecule has 1 heterocycles. The molecule has 1 amide bonds. The lowest BCUT2D eigenvalue weighted by atomic mass is 10.2. The Morgan fingerprint density at radius 3 is 2.27 bits per heavy atom. The molecular weight excluding hydrogens is 410 g/mol. The fourth-order valence-electron chi connectivity index (χ4n) is 2.60. The number of benzene rings is 2. The summed E-state index contributed by atoms with van der Waals surface area (Å²) in [5.41, 5.74) is 0.840. The average Bonchev–Trinajstić information content (AvgIpc) is 3.21. The summed E-state index contributed by atoms with van der Waals surface area (Å²) in [5, 5.41) is 9.70. The number of nitrogens with one attached hydrogen (secondary N) is 1. The van der Waals surface area contributed by atoms with Crippen LogP contribution in [0.1, 0.15) is 24.2 Å². The highest BCUT2D eigenvalue weighted by molar-refractivity contribution is 7.92. The van der Waals surface area contributed by atoms with Crippen LogP contribution in [0.4, 0.5) is 6.01 Å². The van der Waals surface area contributed by atoms with Crippen LogP contribution in [-0.2, 0) is 9.84 Å². The van der Waals surface area contributed by atoms with Gasteiger partial charge in [-0.25, -0.2) is 8.42 Å². The monoisotopic (exact) mass is 431 g/mol. The topological polar surface area (TPSA) is 121 Å². The molecule has 0 atom stereocenters. The zero-order valence-electron chi connectivity index (χ0n) is 16.9. The van der Waals surface area contributed by atoms with E-state index >= 15 is 0 Å². The highest BCUT2D eigenvalue weighted by Gasteiger charge is 2.20. The molecule has 158 valence electrons. The number of aromatic nitrogens is 2. The molecule has 2 aromatic carbocycles. The molecule has 0 bridgehead atoms. The molecule has 0 radical (unpaired) electrons. The van der Waals surface area contributed by atoms with E-state index in [4.69, 9.17) is 13.9 Å². The lowest BCUT2D eigenvalue weighted by Gasteiger charge is -2.08. The van der Waals surface area contributed by atoms with E-state index in [1.54, 1.807) is 38.1 Å². The van der Waals surface area contributed by atoms with Gasteiger partial charge in [-0.15, -0.1) is 5.10 Å². The Bertz CT molecular complexity index is 1150. The summed E-state index contributed by atoms with van der Waals surface area (Å²) >= 11 is 0. The van der Waals surface area contributed by atoms with Gasteiger partial charge >= 0.3 is 6.01 Å². The molecule has 0 aliphatic heterocycles. The molecule has 1 aromatic heterocycles. The summed E-state index contributed by atoms with van der Waals surface area (Å²) in [6.07, 6.45) is 0. The van der Waals surface area contributed by atoms with Crippen LogP contribution in [0, 0.1) is 0 Å². The van der Waals surface area contributed by atoms with Gasteiger partial charge in [0.25, 0.3) is 5.91 Å². The van der Waals surface area contributed by atoms with Gasteiger partial charge in [-0.3, -0.25) is 10.1 Å². The molecule has 3 aromatic rings. The number of ether oxygens (including phenoxy) is 2. The van der Waals surface area contributed by atoms with E-state index in [9.17, 15) is 13.2 Å². The first-order chi connectivity index (χ1) is 14.3. The molecule has 30 heavy (non-hydrogen) atoms. The van der Waals surface area contributed by atoms with E-state index in [2.05, 4.69) is 15.5 Å². The first kappa shape index (κ1) is 21.3. The minimum atomic E-state index is -3.37. The molecule has 0 aliphatic carbocycles. The number of nitrogens with zero attached hydrogens (tertiary/aromatic N) is 2. The maximum atomic E-state index is 12.4. The quantitative estimate of drug-likeness (QED) is 0.605. The standard InChI is InChI=1S/C20H21N3O6S/c1-12(2)30(25,26)15-8-5-13(6-9-15)19-22-23-20(29-19)21-18(24)14-7-10-16(27-3)17(11-14)28-4/h5-12H,1-4H3,(H,21,23,24). The molecule has 1 N–H and O–H groups in total. The number of hydrogen-bond donors (Lipinski definition) is 1. The second kappa shape index (κ2) is 8.54. The third kappa shape index (κ3) is 4.28. The maximum absolute atomic E-state index is 12.4. The Balaban J connectivity index is 1.76. The van der Waals surface area contributed by atoms with Crippen LogP contribution in [0.15, 0.2) is 51.8 Å². The molecule has 9 nitrogen and oxygen atoms in total. The van der Waals surface area contributed by atoms with Gasteiger partial charge in [-0.05, 0) is 56.3 Å². The number of carbonyl (C=O) groups excluding carboxylic acids is 1. The largest absolute Gasteiger partial charge is 0.493 e. The number of anilines is 1. The van der Waals surface area contributed by atoms with Crippen molar-refractivity contribution in [3.63, 3.8) is 0 Å². The number of hydrogen-bond acceptors (Lipinski definition) is 8. The van der Waals surface area contributed by atoms with Crippen LogP contribution in [0.25, 0.3) is 11.5 Å². The lowest BCUT2D eigenvalue weighted by Crippen LogP contribution is -2.13. The Labute approximate surface area is 174 Å². The van der Waals surface area contributed by atoms with Crippen molar-refractivity contribution < 1.29 is 27.1 Å². The Hall–Kier alpha value is -3.40. The van der Waals surface area contributed by atoms with Crippen molar-refractivity contribution in [2.75, 3.05) is 19.5 Å². The van der Waals surface area contributed by atoms with Crippen molar-refractivity contribution in [3.05, 3.63) is 48.0 Å². The van der Waals surface area contributed by atoms with Crippen molar-refractivity contribution in [1.82, 2.24) is 10.2 Å². The Kier molecular flexibility index (Phi) is 6.06. The van der Waals surface area contributed by atoms with Crippen molar-refractivity contribution in [3.8, 4) is 23.0 Å². The fourth-order valence-corrected chi connectivity index (χ4v) is 3.66. The van der Waals surface area contributed by atoms with Gasteiger partial charge in [0.2, 0.25) is 5.89 Å². The Morgan fingerprint density at radius 2 is 1.67 bits per heavy atom. The molecule has 3 rings (SSSR count). The predicted octanol–water partition coefficient (Wildman–Crippen LogP) is 3.19. The van der Waals surface area contributed by atoms with Gasteiger partial charge in [-0.2, -0.15) is 0 Å². The molecular formula is C20H21N3O6S. The van der Waals surface area contributed by atoms with Crippen molar-refractivity contribution in [2.45, 2.75) is 24.0 Å². The third-order valence-electron chi connectivity index (χ3n) is 4.34. The van der Waals surface area contributed by atoms with Gasteiger partial charge in [0.15, 0.2) is 21.3 Å². The summed E-state index contributed by atoms with van der Waals surface area (Å²) < 4.78 is 40.2. The van der Waals surface area contributed by atoms with Crippen LogP contribution >= 0.6 is 0 Å². The number of amides is 1. The van der Waals surface area contributed by atoms with Crippen LogP contribution in [0.2, 0.25) is 0 Å². The van der Waals surface area contributed by atoms with Crippen molar-refractivity contribution in [2.24, 2.45) is 0 Å². The molecule has 0 fully saturated rings. The molecule has 0 aliphatic rings. The van der Waals surface area contributed by atoms with Gasteiger partial charge in [0.05, 0.1) is 24.4 Å². The van der Waals surface area contributed by atoms with Crippen molar-refractivity contribution in [1.29, 1.82) is 0 Å². The molecule has 0 saturated carbocycles. The highest BCUT2D eigenvalue weighted by atomic mass is 32.2. The van der Waals surface area contributed by atoms with Gasteiger partial charge in [0, 0.05) is 11.1 Å². The van der Waals surface area contributed by atoms with Crippen molar-refractivity contribution >= 4 is 21.8 Å². The van der Waals surface area contributed by atoms with E-state index < -0.39 is 21.0 Å². The van der Waals surface area contributed by atoms with E-state index in [1.807, 2.05) is 0 Å². The van der Waals surface area contributed by atoms with E-state index in [0.717, 1.165) is 0 Å². The zero-order valence-corrected chi connectivity index (χ0v) is 17.7. The van der Waals surface area contributed by atoms with Crippen LogP contribution < -0.4 is 14.8 Å². The van der Waals surface area contributed by atoms with E-state index in [-0.39, 0.29) is 16.8 Å². The molecule has 0 unspecified atom stereocenters. The maximum Gasteiger partial charge on any atom is 0.322 e. The number of methoxy groups -OCH3 is 2. The minimum absolute atomic E-state index is 0.0938. The van der Waals surface area contributed by atoms with E-state index in [0.29, 0.717) is 22.6 Å². The predicted molar refractivity (Wildman–Crippen MR) is 110 cm³/mol. The normalized spacial score (nSPS) is 11.4. The minimum Gasteiger partial charge on any atom is -0.493 e. The summed E-state index contributed by atoms with van der Waals surface area (Å²) in [7, 11) is -0.395. The van der Waals surface area contributed by atoms with E-state index in [1.165, 1.54) is 32.4 Å². The first-order valence-electron chi connectivity index (χ1n) is 8.97. The first-order valence-corrected chi connectivity index (χ1v) is 10.5. The number of sulfone groups is 1. The van der Waals surface area contributed by atoms with Gasteiger partial charge in [0.1, 0.15) is 0 Å². The zero-order chi connectivity index (χ0) is 21.9. The van der Waals surface area contributed by atoms with Crippen LogP contribution in [-0.4, -0.2) is 44.0 Å². The number of carbonyl (C=O) groups is 1. The summed E-state index contributed by atoms with van der Waals surface area (Å²) in [4.78, 5) is 12.7.